The lowest BCUT2D eigenvalue weighted by molar-refractivity contribution is 0.600. The van der Waals surface area contributed by atoms with E-state index in [1.54, 1.807) is 6.07 Å². The second-order valence-corrected chi connectivity index (χ2v) is 6.14. The molecule has 1 unspecified atom stereocenters. The molecule has 3 heteroatoms. The summed E-state index contributed by atoms with van der Waals surface area (Å²) in [5, 5.41) is 0. The highest BCUT2D eigenvalue weighted by Crippen LogP contribution is 2.25. The summed E-state index contributed by atoms with van der Waals surface area (Å²) < 4.78 is 13.5. The van der Waals surface area contributed by atoms with Gasteiger partial charge in [0.1, 0.15) is 5.82 Å². The van der Waals surface area contributed by atoms with Crippen LogP contribution >= 0.6 is 11.8 Å². The van der Waals surface area contributed by atoms with Crippen molar-refractivity contribution in [2.45, 2.75) is 49.5 Å². The van der Waals surface area contributed by atoms with Crippen LogP contribution in [0.2, 0.25) is 0 Å². The number of hydrogen-bond acceptors (Lipinski definition) is 2. The van der Waals surface area contributed by atoms with Crippen LogP contribution in [-0.4, -0.2) is 11.8 Å². The van der Waals surface area contributed by atoms with Gasteiger partial charge in [-0.3, -0.25) is 0 Å². The van der Waals surface area contributed by atoms with E-state index in [2.05, 4.69) is 6.08 Å². The van der Waals surface area contributed by atoms with Gasteiger partial charge in [-0.2, -0.15) is 0 Å². The van der Waals surface area contributed by atoms with Gasteiger partial charge in [0.05, 0.1) is 0 Å². The van der Waals surface area contributed by atoms with Gasteiger partial charge in [-0.1, -0.05) is 36.6 Å². The molecule has 1 aliphatic rings. The van der Waals surface area contributed by atoms with Gasteiger partial charge in [-0.25, -0.2) is 4.39 Å². The van der Waals surface area contributed by atoms with Gasteiger partial charge >= 0.3 is 0 Å². The van der Waals surface area contributed by atoms with E-state index in [9.17, 15) is 4.39 Å². The minimum Gasteiger partial charge on any atom is -0.324 e. The highest BCUT2D eigenvalue weighted by molar-refractivity contribution is 7.99. The molecule has 1 atom stereocenters. The second-order valence-electron chi connectivity index (χ2n) is 5.08. The number of hydrogen-bond donors (Lipinski definition) is 1. The van der Waals surface area contributed by atoms with Crippen LogP contribution in [0.1, 0.15) is 38.5 Å². The van der Waals surface area contributed by atoms with Crippen LogP contribution in [0.15, 0.2) is 40.8 Å². The molecular formula is C16H22FNS. The third kappa shape index (κ3) is 4.66. The normalized spacial score (nSPS) is 21.1. The lowest BCUT2D eigenvalue weighted by Gasteiger charge is -2.18. The molecule has 19 heavy (non-hydrogen) atoms. The maximum Gasteiger partial charge on any atom is 0.136 e. The van der Waals surface area contributed by atoms with E-state index in [0.717, 1.165) is 18.6 Å². The molecule has 0 saturated carbocycles. The third-order valence-electron chi connectivity index (χ3n) is 3.56. The first kappa shape index (κ1) is 14.6. The SMILES string of the molecule is NC(CSc1ccccc1F)/C1=C/CCCCCC1. The first-order chi connectivity index (χ1) is 9.27. The van der Waals surface area contributed by atoms with Crippen molar-refractivity contribution in [2.24, 2.45) is 5.73 Å². The Morgan fingerprint density at radius 2 is 1.95 bits per heavy atom. The average Bonchev–Trinajstić information content (AvgIpc) is 2.37. The van der Waals surface area contributed by atoms with Crippen molar-refractivity contribution in [3.8, 4) is 0 Å². The lowest BCUT2D eigenvalue weighted by Crippen LogP contribution is -2.26. The maximum atomic E-state index is 13.5. The molecule has 0 spiro atoms. The predicted molar refractivity (Wildman–Crippen MR) is 80.9 cm³/mol. The summed E-state index contributed by atoms with van der Waals surface area (Å²) in [4.78, 5) is 0.699. The molecular weight excluding hydrogens is 257 g/mol. The monoisotopic (exact) mass is 279 g/mol. The van der Waals surface area contributed by atoms with Crippen LogP contribution in [0.3, 0.4) is 0 Å². The zero-order chi connectivity index (χ0) is 13.5. The van der Waals surface area contributed by atoms with Crippen molar-refractivity contribution in [3.63, 3.8) is 0 Å². The standard InChI is InChI=1S/C16H22FNS/c17-14-10-6-7-11-16(14)19-12-15(18)13-8-4-2-1-3-5-9-13/h6-8,10-11,15H,1-5,9,12,18H2/b13-8+. The fraction of sp³-hybridized carbons (Fsp3) is 0.500. The summed E-state index contributed by atoms with van der Waals surface area (Å²) >= 11 is 1.52. The van der Waals surface area contributed by atoms with Gasteiger partial charge in [0.2, 0.25) is 0 Å². The summed E-state index contributed by atoms with van der Waals surface area (Å²) in [5.74, 6) is 0.610. The van der Waals surface area contributed by atoms with Gasteiger partial charge in [0.25, 0.3) is 0 Å². The molecule has 1 nitrogen and oxygen atoms in total. The fourth-order valence-electron chi connectivity index (χ4n) is 2.40. The van der Waals surface area contributed by atoms with E-state index >= 15 is 0 Å². The Hall–Kier alpha value is -0.800. The molecule has 0 amide bonds. The van der Waals surface area contributed by atoms with E-state index < -0.39 is 0 Å². The maximum absolute atomic E-state index is 13.5. The van der Waals surface area contributed by atoms with Crippen LogP contribution in [0.5, 0.6) is 0 Å². The summed E-state index contributed by atoms with van der Waals surface area (Å²) in [5.41, 5.74) is 7.62. The Morgan fingerprint density at radius 1 is 1.16 bits per heavy atom. The Bertz CT molecular complexity index is 431. The Kier molecular flexibility index (Phi) is 5.93. The molecule has 1 aromatic rings. The van der Waals surface area contributed by atoms with E-state index in [1.165, 1.54) is 49.1 Å². The molecule has 0 radical (unpaired) electrons. The van der Waals surface area contributed by atoms with E-state index in [0.29, 0.717) is 4.90 Å². The zero-order valence-electron chi connectivity index (χ0n) is 11.3. The number of benzene rings is 1. The van der Waals surface area contributed by atoms with Crippen molar-refractivity contribution in [2.75, 3.05) is 5.75 Å². The predicted octanol–water partition coefficient (Wildman–Crippen LogP) is 4.53. The Balaban J connectivity index is 1.89. The third-order valence-corrected chi connectivity index (χ3v) is 4.73. The Morgan fingerprint density at radius 3 is 2.79 bits per heavy atom. The molecule has 1 aliphatic carbocycles. The van der Waals surface area contributed by atoms with Crippen molar-refractivity contribution in [1.29, 1.82) is 0 Å². The first-order valence-electron chi connectivity index (χ1n) is 7.09. The second kappa shape index (κ2) is 7.71. The first-order valence-corrected chi connectivity index (χ1v) is 8.08. The highest BCUT2D eigenvalue weighted by atomic mass is 32.2. The molecule has 0 aliphatic heterocycles. The Labute approximate surface area is 119 Å². The molecule has 0 bridgehead atoms. The summed E-state index contributed by atoms with van der Waals surface area (Å²) in [6.07, 6.45) is 9.73. The molecule has 1 aromatic carbocycles. The van der Waals surface area contributed by atoms with Crippen LogP contribution in [0, 0.1) is 5.82 Å². The molecule has 2 N–H and O–H groups in total. The fourth-order valence-corrected chi connectivity index (χ4v) is 3.36. The minimum atomic E-state index is -0.147. The van der Waals surface area contributed by atoms with E-state index in [-0.39, 0.29) is 11.9 Å². The van der Waals surface area contributed by atoms with Crippen LogP contribution in [0.4, 0.5) is 4.39 Å². The molecule has 2 rings (SSSR count). The molecule has 0 aromatic heterocycles. The number of rotatable bonds is 4. The number of allylic oxidation sites excluding steroid dienone is 1. The summed E-state index contributed by atoms with van der Waals surface area (Å²) in [6.45, 7) is 0. The van der Waals surface area contributed by atoms with Crippen molar-refractivity contribution < 1.29 is 4.39 Å². The number of nitrogens with two attached hydrogens (primary N) is 1. The van der Waals surface area contributed by atoms with E-state index in [1.807, 2.05) is 12.1 Å². The largest absolute Gasteiger partial charge is 0.324 e. The molecule has 0 saturated heterocycles. The van der Waals surface area contributed by atoms with Gasteiger partial charge in [-0.05, 0) is 37.8 Å². The van der Waals surface area contributed by atoms with E-state index in [4.69, 9.17) is 5.73 Å². The molecule has 0 heterocycles. The van der Waals surface area contributed by atoms with Crippen molar-refractivity contribution in [1.82, 2.24) is 0 Å². The van der Waals surface area contributed by atoms with Gasteiger partial charge in [0, 0.05) is 16.7 Å². The number of thioether (sulfide) groups is 1. The smallest absolute Gasteiger partial charge is 0.136 e. The van der Waals surface area contributed by atoms with Crippen molar-refractivity contribution in [3.05, 3.63) is 41.7 Å². The van der Waals surface area contributed by atoms with Gasteiger partial charge in [0.15, 0.2) is 0 Å². The van der Waals surface area contributed by atoms with Crippen LogP contribution in [-0.2, 0) is 0 Å². The van der Waals surface area contributed by atoms with Crippen LogP contribution < -0.4 is 5.73 Å². The van der Waals surface area contributed by atoms with Gasteiger partial charge < -0.3 is 5.73 Å². The summed E-state index contributed by atoms with van der Waals surface area (Å²) in [7, 11) is 0. The number of halogens is 1. The van der Waals surface area contributed by atoms with Crippen LogP contribution in [0.25, 0.3) is 0 Å². The topological polar surface area (TPSA) is 26.0 Å². The molecule has 104 valence electrons. The van der Waals surface area contributed by atoms with Gasteiger partial charge in [-0.15, -0.1) is 11.8 Å². The zero-order valence-corrected chi connectivity index (χ0v) is 12.1. The summed E-state index contributed by atoms with van der Waals surface area (Å²) in [6, 6.07) is 6.97. The molecule has 0 fully saturated rings. The van der Waals surface area contributed by atoms with Crippen molar-refractivity contribution >= 4 is 11.8 Å². The quantitative estimate of drug-likeness (QED) is 0.647. The lowest BCUT2D eigenvalue weighted by atomic mass is 9.96. The minimum absolute atomic E-state index is 0.0581. The highest BCUT2D eigenvalue weighted by Gasteiger charge is 2.12. The average molecular weight is 279 g/mol.